The second-order valence-electron chi connectivity index (χ2n) is 6.64. The highest BCUT2D eigenvalue weighted by molar-refractivity contribution is 5.94. The molecule has 4 rings (SSSR count). The number of hydrogen-bond donors (Lipinski definition) is 1. The van der Waals surface area contributed by atoms with Gasteiger partial charge in [-0.15, -0.1) is 29.9 Å². The van der Waals surface area contributed by atoms with Crippen LogP contribution in [0.25, 0.3) is 16.6 Å². The molecule has 0 spiro atoms. The van der Waals surface area contributed by atoms with E-state index in [1.54, 1.807) is 10.9 Å². The summed E-state index contributed by atoms with van der Waals surface area (Å²) in [6.07, 6.45) is 3.81. The average molecular weight is 423 g/mol. The molecule has 3 aromatic rings. The molecule has 1 unspecified atom stereocenters. The van der Waals surface area contributed by atoms with Crippen LogP contribution in [0.15, 0.2) is 36.5 Å². The number of aromatic nitrogens is 4. The Morgan fingerprint density at radius 3 is 2.82 bits per heavy atom. The molecular formula is C19H24Cl2N6O. The third kappa shape index (κ3) is 3.83. The highest BCUT2D eigenvalue weighted by atomic mass is 35.5. The maximum Gasteiger partial charge on any atom is 0.276 e. The number of likely N-dealkylation sites (N-methyl/N-ethyl adjacent to an activating group) is 1. The number of rotatable bonds is 4. The highest BCUT2D eigenvalue weighted by Gasteiger charge is 2.32. The Labute approximate surface area is 176 Å². The van der Waals surface area contributed by atoms with E-state index in [0.717, 1.165) is 48.2 Å². The topological polar surface area (TPSA) is 75.9 Å². The molecule has 1 saturated heterocycles. The van der Waals surface area contributed by atoms with Crippen LogP contribution in [0.4, 0.5) is 0 Å². The molecule has 0 radical (unpaired) electrons. The standard InChI is InChI=1S/C19H22N6O.2ClH/c1-13-17(19(26)24-11-5-8-15(24)12-20-2)22-23-25(13)16-9-3-6-14-7-4-10-21-18(14)16;;/h3-4,6-7,9-10,15,20H,5,8,11-12H2,1-2H3;2*1H. The Kier molecular flexibility index (Phi) is 7.35. The van der Waals surface area contributed by atoms with E-state index in [-0.39, 0.29) is 36.8 Å². The number of nitrogens with one attached hydrogen (secondary N) is 1. The molecule has 2 aromatic heterocycles. The fraction of sp³-hybridized carbons (Fsp3) is 0.368. The first kappa shape index (κ1) is 22.1. The van der Waals surface area contributed by atoms with Gasteiger partial charge in [-0.25, -0.2) is 4.68 Å². The molecule has 9 heteroatoms. The van der Waals surface area contributed by atoms with Gasteiger partial charge in [-0.3, -0.25) is 9.78 Å². The van der Waals surface area contributed by atoms with E-state index in [1.807, 2.05) is 49.2 Å². The Morgan fingerprint density at radius 2 is 2.04 bits per heavy atom. The van der Waals surface area contributed by atoms with Crippen molar-refractivity contribution < 1.29 is 4.79 Å². The number of para-hydroxylation sites is 1. The minimum absolute atomic E-state index is 0. The number of benzene rings is 1. The van der Waals surface area contributed by atoms with Gasteiger partial charge in [-0.05, 0) is 38.9 Å². The zero-order valence-corrected chi connectivity index (χ0v) is 17.5. The molecule has 28 heavy (non-hydrogen) atoms. The van der Waals surface area contributed by atoms with E-state index in [4.69, 9.17) is 0 Å². The number of pyridine rings is 1. The van der Waals surface area contributed by atoms with Gasteiger partial charge >= 0.3 is 0 Å². The van der Waals surface area contributed by atoms with Crippen molar-refractivity contribution in [2.45, 2.75) is 25.8 Å². The van der Waals surface area contributed by atoms with Crippen LogP contribution in [0, 0.1) is 6.92 Å². The van der Waals surface area contributed by atoms with Gasteiger partial charge in [0.1, 0.15) is 0 Å². The molecule has 1 atom stereocenters. The number of carbonyl (C=O) groups excluding carboxylic acids is 1. The number of amides is 1. The lowest BCUT2D eigenvalue weighted by Gasteiger charge is -2.23. The van der Waals surface area contributed by atoms with E-state index >= 15 is 0 Å². The first-order valence-electron chi connectivity index (χ1n) is 8.92. The number of fused-ring (bicyclic) bond motifs is 1. The number of likely N-dealkylation sites (tertiary alicyclic amines) is 1. The quantitative estimate of drug-likeness (QED) is 0.699. The van der Waals surface area contributed by atoms with Crippen molar-refractivity contribution in [3.8, 4) is 5.69 Å². The zero-order valence-electron chi connectivity index (χ0n) is 15.8. The lowest BCUT2D eigenvalue weighted by Crippen LogP contribution is -2.41. The van der Waals surface area contributed by atoms with E-state index in [1.165, 1.54) is 0 Å². The van der Waals surface area contributed by atoms with Crippen LogP contribution in [0.5, 0.6) is 0 Å². The van der Waals surface area contributed by atoms with Crippen molar-refractivity contribution in [2.75, 3.05) is 20.1 Å². The smallest absolute Gasteiger partial charge is 0.276 e. The molecule has 0 aliphatic carbocycles. The summed E-state index contributed by atoms with van der Waals surface area (Å²) in [4.78, 5) is 19.4. The third-order valence-corrected chi connectivity index (χ3v) is 5.01. The molecule has 1 aliphatic rings. The summed E-state index contributed by atoms with van der Waals surface area (Å²) >= 11 is 0. The lowest BCUT2D eigenvalue weighted by molar-refractivity contribution is 0.0730. The predicted molar refractivity (Wildman–Crippen MR) is 114 cm³/mol. The van der Waals surface area contributed by atoms with Crippen LogP contribution in [0.1, 0.15) is 29.0 Å². The minimum atomic E-state index is -0.0419. The summed E-state index contributed by atoms with van der Waals surface area (Å²) in [6.45, 7) is 3.46. The van der Waals surface area contributed by atoms with E-state index in [0.29, 0.717) is 5.69 Å². The van der Waals surface area contributed by atoms with Crippen LogP contribution >= 0.6 is 24.8 Å². The first-order chi connectivity index (χ1) is 12.7. The van der Waals surface area contributed by atoms with Gasteiger partial charge in [0.25, 0.3) is 5.91 Å². The number of halogens is 2. The average Bonchev–Trinajstić information content (AvgIpc) is 3.28. The lowest BCUT2D eigenvalue weighted by atomic mass is 10.2. The van der Waals surface area contributed by atoms with Gasteiger partial charge in [0.15, 0.2) is 5.69 Å². The summed E-state index contributed by atoms with van der Waals surface area (Å²) in [5.41, 5.74) is 2.83. The molecule has 0 saturated carbocycles. The summed E-state index contributed by atoms with van der Waals surface area (Å²) in [7, 11) is 1.91. The van der Waals surface area contributed by atoms with Crippen LogP contribution in [0.3, 0.4) is 0 Å². The maximum absolute atomic E-state index is 13.0. The summed E-state index contributed by atoms with van der Waals surface area (Å²) in [6, 6.07) is 10.1. The van der Waals surface area contributed by atoms with Crippen LogP contribution in [-0.2, 0) is 0 Å². The predicted octanol–water partition coefficient (Wildman–Crippen LogP) is 2.79. The summed E-state index contributed by atoms with van der Waals surface area (Å²) in [5, 5.41) is 12.7. The maximum atomic E-state index is 13.0. The van der Waals surface area contributed by atoms with Crippen molar-refractivity contribution in [2.24, 2.45) is 0 Å². The molecule has 7 nitrogen and oxygen atoms in total. The zero-order chi connectivity index (χ0) is 18.1. The largest absolute Gasteiger partial charge is 0.333 e. The van der Waals surface area contributed by atoms with E-state index in [9.17, 15) is 4.79 Å². The Morgan fingerprint density at radius 1 is 1.25 bits per heavy atom. The fourth-order valence-electron chi connectivity index (χ4n) is 3.70. The number of nitrogens with zero attached hydrogens (tertiary/aromatic N) is 5. The van der Waals surface area contributed by atoms with Crippen molar-refractivity contribution >= 4 is 41.6 Å². The molecular weight excluding hydrogens is 399 g/mol. The van der Waals surface area contributed by atoms with Crippen LogP contribution in [-0.4, -0.2) is 57.0 Å². The van der Waals surface area contributed by atoms with Crippen molar-refractivity contribution in [3.63, 3.8) is 0 Å². The van der Waals surface area contributed by atoms with Crippen LogP contribution in [0.2, 0.25) is 0 Å². The molecule has 1 aromatic carbocycles. The van der Waals surface area contributed by atoms with E-state index in [2.05, 4.69) is 20.6 Å². The SMILES string of the molecule is CNCC1CCCN1C(=O)c1nnn(-c2cccc3cccnc23)c1C.Cl.Cl. The highest BCUT2D eigenvalue weighted by Crippen LogP contribution is 2.24. The summed E-state index contributed by atoms with van der Waals surface area (Å²) < 4.78 is 1.71. The Balaban J connectivity index is 0.00000140. The van der Waals surface area contributed by atoms with Gasteiger partial charge in [0, 0.05) is 30.7 Å². The molecule has 3 heterocycles. The number of carbonyl (C=O) groups is 1. The van der Waals surface area contributed by atoms with Crippen molar-refractivity contribution in [1.82, 2.24) is 30.2 Å². The second kappa shape index (κ2) is 9.32. The van der Waals surface area contributed by atoms with Gasteiger partial charge in [-0.2, -0.15) is 0 Å². The molecule has 1 N–H and O–H groups in total. The monoisotopic (exact) mass is 422 g/mol. The normalized spacial score (nSPS) is 15.9. The summed E-state index contributed by atoms with van der Waals surface area (Å²) in [5.74, 6) is -0.0419. The van der Waals surface area contributed by atoms with Gasteiger partial charge in [-0.1, -0.05) is 23.4 Å². The fourth-order valence-corrected chi connectivity index (χ4v) is 3.70. The van der Waals surface area contributed by atoms with Gasteiger partial charge in [0.2, 0.25) is 0 Å². The van der Waals surface area contributed by atoms with Gasteiger partial charge in [0.05, 0.1) is 16.9 Å². The third-order valence-electron chi connectivity index (χ3n) is 5.01. The second-order valence-corrected chi connectivity index (χ2v) is 6.64. The van der Waals surface area contributed by atoms with Crippen LogP contribution < -0.4 is 5.32 Å². The Hall–Kier alpha value is -2.22. The molecule has 1 aliphatic heterocycles. The number of hydrogen-bond acceptors (Lipinski definition) is 5. The van der Waals surface area contributed by atoms with E-state index < -0.39 is 0 Å². The minimum Gasteiger partial charge on any atom is -0.333 e. The van der Waals surface area contributed by atoms with Crippen molar-refractivity contribution in [1.29, 1.82) is 0 Å². The molecule has 150 valence electrons. The molecule has 0 bridgehead atoms. The molecule has 1 fully saturated rings. The van der Waals surface area contributed by atoms with Crippen molar-refractivity contribution in [3.05, 3.63) is 47.9 Å². The van der Waals surface area contributed by atoms with Gasteiger partial charge < -0.3 is 10.2 Å². The Bertz CT molecular complexity index is 955. The molecule has 1 amide bonds. The first-order valence-corrected chi connectivity index (χ1v) is 8.92.